The van der Waals surface area contributed by atoms with Crippen molar-refractivity contribution in [2.75, 3.05) is 19.0 Å². The average molecular weight is 319 g/mol. The highest BCUT2D eigenvalue weighted by Gasteiger charge is 2.26. The molecule has 0 bridgehead atoms. The molecule has 0 spiro atoms. The first kappa shape index (κ1) is 15.5. The molecule has 0 aromatic carbocycles. The summed E-state index contributed by atoms with van der Waals surface area (Å²) in [5, 5.41) is 0.183. The minimum atomic E-state index is -3.56. The Kier molecular flexibility index (Phi) is 4.85. The number of nitrogens with zero attached hydrogens (tertiary/aromatic N) is 2. The SMILES string of the molecule is CN(CC1CCCC1)S(=O)(=O)c1cnc(NN)c(Cl)c1. The molecule has 0 atom stereocenters. The normalized spacial score (nSPS) is 16.8. The Morgan fingerprint density at radius 1 is 1.50 bits per heavy atom. The van der Waals surface area contributed by atoms with Crippen LogP contribution >= 0.6 is 11.6 Å². The van der Waals surface area contributed by atoms with Gasteiger partial charge in [-0.3, -0.25) is 0 Å². The van der Waals surface area contributed by atoms with Crippen LogP contribution in [0.3, 0.4) is 0 Å². The second-order valence-corrected chi connectivity index (χ2v) is 7.53. The van der Waals surface area contributed by atoms with Crippen LogP contribution in [0.5, 0.6) is 0 Å². The number of halogens is 1. The summed E-state index contributed by atoms with van der Waals surface area (Å²) in [6.07, 6.45) is 5.82. The Hall–Kier alpha value is -0.890. The maximum Gasteiger partial charge on any atom is 0.244 e. The summed E-state index contributed by atoms with van der Waals surface area (Å²) in [4.78, 5) is 3.99. The number of nitrogens with one attached hydrogen (secondary N) is 1. The molecule has 112 valence electrons. The third kappa shape index (κ3) is 3.22. The smallest absolute Gasteiger partial charge is 0.244 e. The van der Waals surface area contributed by atoms with E-state index in [0.29, 0.717) is 12.5 Å². The first-order valence-corrected chi connectivity index (χ1v) is 8.35. The molecule has 20 heavy (non-hydrogen) atoms. The molecule has 0 radical (unpaired) electrons. The summed E-state index contributed by atoms with van der Waals surface area (Å²) < 4.78 is 26.3. The van der Waals surface area contributed by atoms with Crippen molar-refractivity contribution in [1.29, 1.82) is 0 Å². The molecule has 1 heterocycles. The third-order valence-electron chi connectivity index (χ3n) is 3.65. The van der Waals surface area contributed by atoms with Crippen LogP contribution in [0, 0.1) is 5.92 Å². The van der Waals surface area contributed by atoms with Crippen molar-refractivity contribution >= 4 is 27.4 Å². The van der Waals surface area contributed by atoms with Crippen LogP contribution in [0.4, 0.5) is 5.82 Å². The molecular formula is C12H19ClN4O2S. The molecule has 1 fully saturated rings. The fraction of sp³-hybridized carbons (Fsp3) is 0.583. The predicted molar refractivity (Wildman–Crippen MR) is 78.8 cm³/mol. The molecule has 3 N–H and O–H groups in total. The van der Waals surface area contributed by atoms with Crippen LogP contribution in [-0.2, 0) is 10.0 Å². The minimum Gasteiger partial charge on any atom is -0.307 e. The van der Waals surface area contributed by atoms with E-state index < -0.39 is 10.0 Å². The van der Waals surface area contributed by atoms with E-state index in [0.717, 1.165) is 12.8 Å². The van der Waals surface area contributed by atoms with Crippen molar-refractivity contribution in [2.24, 2.45) is 11.8 Å². The first-order valence-electron chi connectivity index (χ1n) is 6.53. The van der Waals surface area contributed by atoms with Crippen LogP contribution in [0.25, 0.3) is 0 Å². The van der Waals surface area contributed by atoms with Gasteiger partial charge in [0.2, 0.25) is 10.0 Å². The Bertz CT molecular complexity index is 573. The van der Waals surface area contributed by atoms with E-state index in [1.807, 2.05) is 0 Å². The van der Waals surface area contributed by atoms with Gasteiger partial charge in [-0.1, -0.05) is 24.4 Å². The number of pyridine rings is 1. The standard InChI is InChI=1S/C12H19ClN4O2S/c1-17(8-9-4-2-3-5-9)20(18,19)10-6-11(13)12(16-14)15-7-10/h6-7,9H,2-5,8,14H2,1H3,(H,15,16). The molecule has 0 aliphatic heterocycles. The van der Waals surface area contributed by atoms with E-state index in [9.17, 15) is 8.42 Å². The Morgan fingerprint density at radius 2 is 2.15 bits per heavy atom. The van der Waals surface area contributed by atoms with Gasteiger partial charge in [-0.2, -0.15) is 0 Å². The maximum atomic E-state index is 12.4. The summed E-state index contributed by atoms with van der Waals surface area (Å²) in [5.74, 6) is 5.92. The monoisotopic (exact) mass is 318 g/mol. The number of nitrogens with two attached hydrogens (primary N) is 1. The summed E-state index contributed by atoms with van der Waals surface area (Å²) in [5.41, 5.74) is 2.31. The van der Waals surface area contributed by atoms with E-state index in [2.05, 4.69) is 10.4 Å². The topological polar surface area (TPSA) is 88.3 Å². The molecule has 1 aromatic heterocycles. The predicted octanol–water partition coefficient (Wildman–Crippen LogP) is 1.83. The number of hydrogen-bond donors (Lipinski definition) is 2. The van der Waals surface area contributed by atoms with Crippen LogP contribution in [-0.4, -0.2) is 31.3 Å². The lowest BCUT2D eigenvalue weighted by Crippen LogP contribution is -2.31. The Labute approximate surface area is 124 Å². The maximum absolute atomic E-state index is 12.4. The van der Waals surface area contributed by atoms with Crippen LogP contribution in [0.15, 0.2) is 17.2 Å². The number of hydrazine groups is 1. The number of sulfonamides is 1. The molecule has 1 aliphatic rings. The Morgan fingerprint density at radius 3 is 2.70 bits per heavy atom. The molecule has 1 saturated carbocycles. The Balaban J connectivity index is 2.18. The number of anilines is 1. The van der Waals surface area contributed by atoms with Gasteiger partial charge in [0.05, 0.1) is 5.02 Å². The minimum absolute atomic E-state index is 0.0852. The molecule has 6 nitrogen and oxygen atoms in total. The summed E-state index contributed by atoms with van der Waals surface area (Å²) in [6.45, 7) is 0.539. The van der Waals surface area contributed by atoms with E-state index in [1.54, 1.807) is 7.05 Å². The van der Waals surface area contributed by atoms with Crippen molar-refractivity contribution < 1.29 is 8.42 Å². The zero-order valence-corrected chi connectivity index (χ0v) is 12.9. The summed E-state index contributed by atoms with van der Waals surface area (Å²) >= 11 is 5.92. The highest BCUT2D eigenvalue weighted by Crippen LogP contribution is 2.28. The van der Waals surface area contributed by atoms with Gasteiger partial charge < -0.3 is 5.43 Å². The van der Waals surface area contributed by atoms with Crippen molar-refractivity contribution in [3.05, 3.63) is 17.3 Å². The lowest BCUT2D eigenvalue weighted by atomic mass is 10.1. The second-order valence-electron chi connectivity index (χ2n) is 5.08. The van der Waals surface area contributed by atoms with Crippen molar-refractivity contribution in [3.63, 3.8) is 0 Å². The van der Waals surface area contributed by atoms with E-state index in [-0.39, 0.29) is 15.7 Å². The highest BCUT2D eigenvalue weighted by molar-refractivity contribution is 7.89. The lowest BCUT2D eigenvalue weighted by Gasteiger charge is -2.20. The van der Waals surface area contributed by atoms with Crippen molar-refractivity contribution in [3.8, 4) is 0 Å². The van der Waals surface area contributed by atoms with Crippen LogP contribution in [0.1, 0.15) is 25.7 Å². The fourth-order valence-corrected chi connectivity index (χ4v) is 4.01. The molecule has 0 unspecified atom stereocenters. The van der Waals surface area contributed by atoms with Gasteiger partial charge >= 0.3 is 0 Å². The van der Waals surface area contributed by atoms with Gasteiger partial charge in [0.15, 0.2) is 5.82 Å². The van der Waals surface area contributed by atoms with Gasteiger partial charge in [0.1, 0.15) is 4.90 Å². The molecule has 0 amide bonds. The van der Waals surface area contributed by atoms with Crippen molar-refractivity contribution in [2.45, 2.75) is 30.6 Å². The lowest BCUT2D eigenvalue weighted by molar-refractivity contribution is 0.387. The van der Waals surface area contributed by atoms with E-state index in [1.165, 1.54) is 29.4 Å². The number of hydrogen-bond acceptors (Lipinski definition) is 5. The molecule has 8 heteroatoms. The molecule has 0 saturated heterocycles. The number of nitrogen functional groups attached to an aromatic ring is 1. The van der Waals surface area contributed by atoms with Crippen LogP contribution < -0.4 is 11.3 Å². The molecule has 1 aromatic rings. The van der Waals surface area contributed by atoms with Crippen molar-refractivity contribution in [1.82, 2.24) is 9.29 Å². The zero-order valence-electron chi connectivity index (χ0n) is 11.3. The first-order chi connectivity index (χ1) is 9.45. The molecular weight excluding hydrogens is 300 g/mol. The van der Waals surface area contributed by atoms with Crippen LogP contribution in [0.2, 0.25) is 5.02 Å². The van der Waals surface area contributed by atoms with E-state index in [4.69, 9.17) is 17.4 Å². The van der Waals surface area contributed by atoms with Gasteiger partial charge in [-0.15, -0.1) is 0 Å². The highest BCUT2D eigenvalue weighted by atomic mass is 35.5. The van der Waals surface area contributed by atoms with Gasteiger partial charge in [-0.05, 0) is 24.8 Å². The second kappa shape index (κ2) is 6.26. The van der Waals surface area contributed by atoms with Gasteiger partial charge in [-0.25, -0.2) is 23.5 Å². The quantitative estimate of drug-likeness (QED) is 0.638. The summed E-state index contributed by atoms with van der Waals surface area (Å²) in [7, 11) is -1.96. The average Bonchev–Trinajstić information content (AvgIpc) is 2.91. The van der Waals surface area contributed by atoms with Gasteiger partial charge in [0.25, 0.3) is 0 Å². The fourth-order valence-electron chi connectivity index (χ4n) is 2.50. The largest absolute Gasteiger partial charge is 0.307 e. The zero-order chi connectivity index (χ0) is 14.8. The van der Waals surface area contributed by atoms with Gasteiger partial charge in [0, 0.05) is 19.8 Å². The third-order valence-corrected chi connectivity index (χ3v) is 5.73. The van der Waals surface area contributed by atoms with E-state index >= 15 is 0 Å². The molecule has 1 aliphatic carbocycles. The number of rotatable bonds is 5. The molecule has 2 rings (SSSR count). The summed E-state index contributed by atoms with van der Waals surface area (Å²) in [6, 6.07) is 1.37. The number of aromatic nitrogens is 1.